The smallest absolute Gasteiger partial charge is 0.223 e. The first-order chi connectivity index (χ1) is 7.81. The first kappa shape index (κ1) is 10.9. The predicted molar refractivity (Wildman–Crippen MR) is 60.3 cm³/mol. The Kier molecular flexibility index (Phi) is 3.37. The maximum atomic E-state index is 13.3. The van der Waals surface area contributed by atoms with Crippen LogP contribution < -0.4 is 4.74 Å². The van der Waals surface area contributed by atoms with E-state index in [1.807, 2.05) is 0 Å². The molecular weight excluding hydrogens is 229 g/mol. The Labute approximate surface area is 97.7 Å². The molecule has 0 unspecified atom stereocenters. The van der Waals surface area contributed by atoms with Crippen molar-refractivity contribution in [2.45, 2.75) is 5.88 Å². The first-order valence-electron chi connectivity index (χ1n) is 4.73. The van der Waals surface area contributed by atoms with Crippen molar-refractivity contribution >= 4 is 11.6 Å². The molecular formula is C12H9ClFNO. The predicted octanol–water partition coefficient (Wildman–Crippen LogP) is 3.75. The molecule has 0 amide bonds. The maximum absolute atomic E-state index is 13.3. The number of alkyl halides is 1. The van der Waals surface area contributed by atoms with Gasteiger partial charge in [0.2, 0.25) is 5.88 Å². The largest absolute Gasteiger partial charge is 0.436 e. The lowest BCUT2D eigenvalue weighted by Crippen LogP contribution is -1.94. The quantitative estimate of drug-likeness (QED) is 0.759. The van der Waals surface area contributed by atoms with Gasteiger partial charge in [0.1, 0.15) is 0 Å². The summed E-state index contributed by atoms with van der Waals surface area (Å²) < 4.78 is 18.7. The van der Waals surface area contributed by atoms with E-state index in [9.17, 15) is 4.39 Å². The van der Waals surface area contributed by atoms with Crippen LogP contribution in [-0.4, -0.2) is 4.98 Å². The number of hydrogen-bond acceptors (Lipinski definition) is 2. The van der Waals surface area contributed by atoms with Gasteiger partial charge in [-0.25, -0.2) is 9.37 Å². The second-order valence-corrected chi connectivity index (χ2v) is 3.40. The van der Waals surface area contributed by atoms with Gasteiger partial charge in [-0.05, 0) is 18.2 Å². The highest BCUT2D eigenvalue weighted by Gasteiger charge is 2.07. The number of hydrogen-bond donors (Lipinski definition) is 0. The van der Waals surface area contributed by atoms with Gasteiger partial charge in [-0.1, -0.05) is 18.2 Å². The number of aromatic nitrogens is 1. The van der Waals surface area contributed by atoms with Crippen molar-refractivity contribution in [1.29, 1.82) is 0 Å². The zero-order chi connectivity index (χ0) is 11.4. The van der Waals surface area contributed by atoms with Crippen molar-refractivity contribution in [2.24, 2.45) is 0 Å². The second-order valence-electron chi connectivity index (χ2n) is 3.13. The number of para-hydroxylation sites is 1. The van der Waals surface area contributed by atoms with Crippen molar-refractivity contribution in [3.05, 3.63) is 54.0 Å². The standard InChI is InChI=1S/C12H9ClFNO/c13-8-9-4-3-7-15-12(9)16-11-6-2-1-5-10(11)14/h1-7H,8H2. The van der Waals surface area contributed by atoms with Crippen LogP contribution in [0.5, 0.6) is 11.6 Å². The van der Waals surface area contributed by atoms with E-state index in [0.29, 0.717) is 5.88 Å². The van der Waals surface area contributed by atoms with Crippen LogP contribution in [0.1, 0.15) is 5.56 Å². The molecule has 0 atom stereocenters. The van der Waals surface area contributed by atoms with Gasteiger partial charge in [0.05, 0.1) is 5.88 Å². The van der Waals surface area contributed by atoms with E-state index in [1.165, 1.54) is 6.07 Å². The van der Waals surface area contributed by atoms with Gasteiger partial charge in [-0.2, -0.15) is 0 Å². The molecule has 1 aromatic carbocycles. The fraction of sp³-hybridized carbons (Fsp3) is 0.0833. The van der Waals surface area contributed by atoms with Crippen molar-refractivity contribution in [3.8, 4) is 11.6 Å². The molecule has 0 aliphatic heterocycles. The highest BCUT2D eigenvalue weighted by molar-refractivity contribution is 6.17. The van der Waals surface area contributed by atoms with E-state index >= 15 is 0 Å². The highest BCUT2D eigenvalue weighted by atomic mass is 35.5. The monoisotopic (exact) mass is 237 g/mol. The molecule has 0 saturated carbocycles. The fourth-order valence-electron chi connectivity index (χ4n) is 1.25. The lowest BCUT2D eigenvalue weighted by atomic mass is 10.3. The fourth-order valence-corrected chi connectivity index (χ4v) is 1.45. The van der Waals surface area contributed by atoms with Gasteiger partial charge < -0.3 is 4.74 Å². The molecule has 0 aliphatic rings. The SMILES string of the molecule is Fc1ccccc1Oc1ncccc1CCl. The minimum absolute atomic E-state index is 0.146. The molecule has 1 heterocycles. The van der Waals surface area contributed by atoms with E-state index in [2.05, 4.69) is 4.98 Å². The Morgan fingerprint density at radius 1 is 1.19 bits per heavy atom. The number of benzene rings is 1. The van der Waals surface area contributed by atoms with Crippen molar-refractivity contribution in [1.82, 2.24) is 4.98 Å². The van der Waals surface area contributed by atoms with Gasteiger partial charge in [0, 0.05) is 11.8 Å². The number of pyridine rings is 1. The van der Waals surface area contributed by atoms with Crippen molar-refractivity contribution < 1.29 is 9.13 Å². The Hall–Kier alpha value is -1.61. The van der Waals surface area contributed by atoms with Crippen LogP contribution in [0, 0.1) is 5.82 Å². The Morgan fingerprint density at radius 3 is 2.75 bits per heavy atom. The minimum atomic E-state index is -0.423. The Bertz CT molecular complexity index is 490. The van der Waals surface area contributed by atoms with E-state index in [0.717, 1.165) is 5.56 Å². The zero-order valence-corrected chi connectivity index (χ0v) is 9.12. The lowest BCUT2D eigenvalue weighted by Gasteiger charge is -2.08. The van der Waals surface area contributed by atoms with Gasteiger partial charge in [-0.15, -0.1) is 11.6 Å². The Balaban J connectivity index is 2.30. The van der Waals surface area contributed by atoms with Crippen molar-refractivity contribution in [3.63, 3.8) is 0 Å². The molecule has 0 N–H and O–H groups in total. The molecule has 4 heteroatoms. The summed E-state index contributed by atoms with van der Waals surface area (Å²) in [4.78, 5) is 4.01. The summed E-state index contributed by atoms with van der Waals surface area (Å²) in [6.45, 7) is 0. The van der Waals surface area contributed by atoms with E-state index in [1.54, 1.807) is 36.5 Å². The van der Waals surface area contributed by atoms with Crippen LogP contribution in [0.25, 0.3) is 0 Å². The van der Waals surface area contributed by atoms with E-state index in [4.69, 9.17) is 16.3 Å². The van der Waals surface area contributed by atoms with Crippen LogP contribution in [0.4, 0.5) is 4.39 Å². The molecule has 82 valence electrons. The van der Waals surface area contributed by atoms with Gasteiger partial charge >= 0.3 is 0 Å². The summed E-state index contributed by atoms with van der Waals surface area (Å²) in [5.41, 5.74) is 0.729. The van der Waals surface area contributed by atoms with Crippen LogP contribution in [-0.2, 0) is 5.88 Å². The van der Waals surface area contributed by atoms with E-state index in [-0.39, 0.29) is 11.6 Å². The molecule has 0 radical (unpaired) electrons. The molecule has 0 saturated heterocycles. The second kappa shape index (κ2) is 4.94. The van der Waals surface area contributed by atoms with Crippen molar-refractivity contribution in [2.75, 3.05) is 0 Å². The van der Waals surface area contributed by atoms with Gasteiger partial charge in [-0.3, -0.25) is 0 Å². The third-order valence-corrected chi connectivity index (χ3v) is 2.33. The first-order valence-corrected chi connectivity index (χ1v) is 5.27. The van der Waals surface area contributed by atoms with Gasteiger partial charge in [0.15, 0.2) is 11.6 Å². The number of halogens is 2. The lowest BCUT2D eigenvalue weighted by molar-refractivity contribution is 0.424. The molecule has 0 bridgehead atoms. The molecule has 2 nitrogen and oxygen atoms in total. The highest BCUT2D eigenvalue weighted by Crippen LogP contribution is 2.25. The maximum Gasteiger partial charge on any atom is 0.223 e. The molecule has 2 rings (SSSR count). The average Bonchev–Trinajstić information content (AvgIpc) is 2.33. The summed E-state index contributed by atoms with van der Waals surface area (Å²) in [6, 6.07) is 9.72. The molecule has 0 fully saturated rings. The summed E-state index contributed by atoms with van der Waals surface area (Å²) in [5, 5.41) is 0. The summed E-state index contributed by atoms with van der Waals surface area (Å²) in [7, 11) is 0. The average molecular weight is 238 g/mol. The summed E-state index contributed by atoms with van der Waals surface area (Å²) in [6.07, 6.45) is 1.58. The zero-order valence-electron chi connectivity index (χ0n) is 8.36. The van der Waals surface area contributed by atoms with Crippen LogP contribution in [0.2, 0.25) is 0 Å². The number of ether oxygens (including phenoxy) is 1. The van der Waals surface area contributed by atoms with E-state index < -0.39 is 5.82 Å². The van der Waals surface area contributed by atoms with Crippen LogP contribution in [0.3, 0.4) is 0 Å². The molecule has 0 aliphatic carbocycles. The summed E-state index contributed by atoms with van der Waals surface area (Å²) in [5.74, 6) is 0.335. The topological polar surface area (TPSA) is 22.1 Å². The minimum Gasteiger partial charge on any atom is -0.436 e. The molecule has 2 aromatic rings. The van der Waals surface area contributed by atoms with Crippen LogP contribution in [0.15, 0.2) is 42.6 Å². The molecule has 16 heavy (non-hydrogen) atoms. The van der Waals surface area contributed by atoms with Crippen LogP contribution >= 0.6 is 11.6 Å². The van der Waals surface area contributed by atoms with Gasteiger partial charge in [0.25, 0.3) is 0 Å². The number of nitrogens with zero attached hydrogens (tertiary/aromatic N) is 1. The summed E-state index contributed by atoms with van der Waals surface area (Å²) >= 11 is 5.72. The third kappa shape index (κ3) is 2.31. The molecule has 1 aromatic heterocycles. The normalized spacial score (nSPS) is 10.1. The Morgan fingerprint density at radius 2 is 2.00 bits per heavy atom. The number of rotatable bonds is 3. The molecule has 0 spiro atoms. The third-order valence-electron chi connectivity index (χ3n) is 2.04.